The Bertz CT molecular complexity index is 245. The Morgan fingerprint density at radius 3 is 2.47 bits per heavy atom. The summed E-state index contributed by atoms with van der Waals surface area (Å²) >= 11 is 2.19. The summed E-state index contributed by atoms with van der Waals surface area (Å²) in [4.78, 5) is 0. The number of thioether (sulfide) groups is 1. The highest BCUT2D eigenvalue weighted by molar-refractivity contribution is 8.01. The van der Waals surface area contributed by atoms with Gasteiger partial charge < -0.3 is 5.73 Å². The molecule has 4 atom stereocenters. The summed E-state index contributed by atoms with van der Waals surface area (Å²) in [5.41, 5.74) is 6.84. The summed E-state index contributed by atoms with van der Waals surface area (Å²) in [6.45, 7) is 9.47. The molecule has 4 unspecified atom stereocenters. The Kier molecular flexibility index (Phi) is 2.88. The highest BCUT2D eigenvalue weighted by Crippen LogP contribution is 2.57. The van der Waals surface area contributed by atoms with Crippen LogP contribution in [0.4, 0.5) is 0 Å². The Labute approximate surface area is 98.6 Å². The number of rotatable bonds is 0. The van der Waals surface area contributed by atoms with Crippen LogP contribution in [-0.2, 0) is 0 Å². The lowest BCUT2D eigenvalue weighted by molar-refractivity contribution is 0.238. The molecule has 0 amide bonds. The van der Waals surface area contributed by atoms with Crippen molar-refractivity contribution in [2.24, 2.45) is 17.1 Å². The van der Waals surface area contributed by atoms with Crippen LogP contribution in [0, 0.1) is 11.3 Å². The van der Waals surface area contributed by atoms with E-state index in [1.165, 1.54) is 25.7 Å². The zero-order chi connectivity index (χ0) is 11.3. The quantitative estimate of drug-likeness (QED) is 0.686. The van der Waals surface area contributed by atoms with Gasteiger partial charge in [-0.3, -0.25) is 0 Å². The highest BCUT2D eigenvalue weighted by atomic mass is 32.2. The second kappa shape index (κ2) is 3.66. The maximum atomic E-state index is 6.48. The van der Waals surface area contributed by atoms with Crippen molar-refractivity contribution >= 4 is 11.8 Å². The van der Waals surface area contributed by atoms with Crippen molar-refractivity contribution in [2.75, 3.05) is 0 Å². The second-order valence-corrected chi connectivity index (χ2v) is 8.32. The first-order chi connectivity index (χ1) is 6.84. The largest absolute Gasteiger partial charge is 0.326 e. The van der Waals surface area contributed by atoms with Gasteiger partial charge in [-0.1, -0.05) is 40.5 Å². The first-order valence-corrected chi connectivity index (χ1v) is 7.16. The van der Waals surface area contributed by atoms with Gasteiger partial charge in [-0.2, -0.15) is 0 Å². The van der Waals surface area contributed by atoms with Gasteiger partial charge in [-0.15, -0.1) is 11.8 Å². The molecular formula is C13H25NS. The molecule has 1 saturated carbocycles. The van der Waals surface area contributed by atoms with Gasteiger partial charge >= 0.3 is 0 Å². The molecule has 0 aromatic rings. The summed E-state index contributed by atoms with van der Waals surface area (Å²) in [7, 11) is 0. The topological polar surface area (TPSA) is 26.0 Å². The SMILES string of the molecule is CC(C)(C)C1SC2(C)CCCCC2C1N. The maximum Gasteiger partial charge on any atom is 0.0256 e. The molecule has 15 heavy (non-hydrogen) atoms. The van der Waals surface area contributed by atoms with Crippen molar-refractivity contribution in [3.05, 3.63) is 0 Å². The van der Waals surface area contributed by atoms with E-state index in [0.29, 0.717) is 21.5 Å². The van der Waals surface area contributed by atoms with E-state index in [2.05, 4.69) is 39.5 Å². The third-order valence-electron chi connectivity index (χ3n) is 4.29. The van der Waals surface area contributed by atoms with Gasteiger partial charge in [0.05, 0.1) is 0 Å². The third kappa shape index (κ3) is 1.95. The van der Waals surface area contributed by atoms with Gasteiger partial charge in [0.1, 0.15) is 0 Å². The van der Waals surface area contributed by atoms with Crippen molar-refractivity contribution < 1.29 is 0 Å². The molecule has 1 heterocycles. The highest BCUT2D eigenvalue weighted by Gasteiger charge is 2.53. The number of hydrogen-bond acceptors (Lipinski definition) is 2. The second-order valence-electron chi connectivity index (χ2n) is 6.65. The maximum absolute atomic E-state index is 6.48. The van der Waals surface area contributed by atoms with E-state index in [1.54, 1.807) is 0 Å². The van der Waals surface area contributed by atoms with Crippen LogP contribution >= 0.6 is 11.8 Å². The first kappa shape index (κ1) is 11.8. The molecule has 0 radical (unpaired) electrons. The summed E-state index contributed by atoms with van der Waals surface area (Å²) in [5, 5.41) is 0.644. The number of hydrogen-bond donors (Lipinski definition) is 1. The predicted octanol–water partition coefficient (Wildman–Crippen LogP) is 3.42. The van der Waals surface area contributed by atoms with Crippen LogP contribution in [0.5, 0.6) is 0 Å². The van der Waals surface area contributed by atoms with Gasteiger partial charge in [-0.25, -0.2) is 0 Å². The van der Waals surface area contributed by atoms with Gasteiger partial charge in [0.25, 0.3) is 0 Å². The zero-order valence-electron chi connectivity index (χ0n) is 10.5. The van der Waals surface area contributed by atoms with Crippen LogP contribution in [0.15, 0.2) is 0 Å². The minimum Gasteiger partial charge on any atom is -0.326 e. The zero-order valence-corrected chi connectivity index (χ0v) is 11.4. The van der Waals surface area contributed by atoms with E-state index >= 15 is 0 Å². The monoisotopic (exact) mass is 227 g/mol. The summed E-state index contributed by atoms with van der Waals surface area (Å²) in [6.07, 6.45) is 5.54. The molecule has 1 aliphatic heterocycles. The summed E-state index contributed by atoms with van der Waals surface area (Å²) in [6, 6.07) is 0.417. The van der Waals surface area contributed by atoms with E-state index in [9.17, 15) is 0 Å². The van der Waals surface area contributed by atoms with Crippen LogP contribution in [0.1, 0.15) is 53.4 Å². The van der Waals surface area contributed by atoms with E-state index < -0.39 is 0 Å². The Hall–Kier alpha value is 0.310. The number of nitrogens with two attached hydrogens (primary N) is 1. The molecule has 2 N–H and O–H groups in total. The molecule has 2 rings (SSSR count). The molecule has 2 fully saturated rings. The van der Waals surface area contributed by atoms with Crippen LogP contribution in [0.25, 0.3) is 0 Å². The molecule has 2 heteroatoms. The summed E-state index contributed by atoms with van der Waals surface area (Å²) in [5.74, 6) is 0.764. The van der Waals surface area contributed by atoms with Crippen molar-refractivity contribution in [3.8, 4) is 0 Å². The molecule has 1 aliphatic carbocycles. The standard InChI is InChI=1S/C13H25NS/c1-12(2,3)11-10(14)9-7-5-6-8-13(9,4)15-11/h9-11H,5-8,14H2,1-4H3. The Balaban J connectivity index is 2.21. The van der Waals surface area contributed by atoms with Crippen molar-refractivity contribution in [1.29, 1.82) is 0 Å². The van der Waals surface area contributed by atoms with Crippen LogP contribution < -0.4 is 5.73 Å². The van der Waals surface area contributed by atoms with Crippen LogP contribution in [0.3, 0.4) is 0 Å². The lowest BCUT2D eigenvalue weighted by atomic mass is 9.72. The minimum absolute atomic E-state index is 0.352. The minimum atomic E-state index is 0.352. The Morgan fingerprint density at radius 1 is 1.27 bits per heavy atom. The van der Waals surface area contributed by atoms with E-state index in [-0.39, 0.29) is 0 Å². The summed E-state index contributed by atoms with van der Waals surface area (Å²) < 4.78 is 0.482. The van der Waals surface area contributed by atoms with Crippen LogP contribution in [0.2, 0.25) is 0 Å². The molecule has 88 valence electrons. The lowest BCUT2D eigenvalue weighted by Crippen LogP contribution is -2.44. The van der Waals surface area contributed by atoms with Crippen LogP contribution in [-0.4, -0.2) is 16.0 Å². The molecule has 1 nitrogen and oxygen atoms in total. The lowest BCUT2D eigenvalue weighted by Gasteiger charge is -2.36. The molecule has 1 saturated heterocycles. The first-order valence-electron chi connectivity index (χ1n) is 6.28. The van der Waals surface area contributed by atoms with Gasteiger partial charge in [-0.05, 0) is 24.2 Å². The fourth-order valence-electron chi connectivity index (χ4n) is 3.41. The smallest absolute Gasteiger partial charge is 0.0256 e. The van der Waals surface area contributed by atoms with Gasteiger partial charge in [0, 0.05) is 16.0 Å². The van der Waals surface area contributed by atoms with E-state index in [1.807, 2.05) is 0 Å². The average molecular weight is 227 g/mol. The molecule has 2 aliphatic rings. The fraction of sp³-hybridized carbons (Fsp3) is 1.00. The molecule has 0 bridgehead atoms. The molecule has 0 aromatic heterocycles. The van der Waals surface area contributed by atoms with Crippen molar-refractivity contribution in [1.82, 2.24) is 0 Å². The normalized spacial score (nSPS) is 46.6. The molecule has 0 aromatic carbocycles. The molecule has 0 spiro atoms. The van der Waals surface area contributed by atoms with Gasteiger partial charge in [0.2, 0.25) is 0 Å². The van der Waals surface area contributed by atoms with E-state index in [0.717, 1.165) is 5.92 Å². The third-order valence-corrected chi connectivity index (χ3v) is 6.61. The molecular weight excluding hydrogens is 202 g/mol. The van der Waals surface area contributed by atoms with E-state index in [4.69, 9.17) is 5.73 Å². The number of fused-ring (bicyclic) bond motifs is 1. The van der Waals surface area contributed by atoms with Crippen molar-refractivity contribution in [2.45, 2.75) is 69.4 Å². The average Bonchev–Trinajstić information content (AvgIpc) is 2.38. The predicted molar refractivity (Wildman–Crippen MR) is 69.2 cm³/mol. The van der Waals surface area contributed by atoms with Crippen molar-refractivity contribution in [3.63, 3.8) is 0 Å². The Morgan fingerprint density at radius 2 is 1.93 bits per heavy atom. The fourth-order valence-corrected chi connectivity index (χ4v) is 5.40. The van der Waals surface area contributed by atoms with Gasteiger partial charge in [0.15, 0.2) is 0 Å².